The molecule has 3 aromatic rings. The minimum absolute atomic E-state index is 0.330. The monoisotopic (exact) mass is 313 g/mol. The van der Waals surface area contributed by atoms with E-state index in [0.717, 1.165) is 30.0 Å². The first-order valence-electron chi connectivity index (χ1n) is 7.53. The summed E-state index contributed by atoms with van der Waals surface area (Å²) in [5, 5.41) is 5.35. The molecule has 4 rings (SSSR count). The van der Waals surface area contributed by atoms with Crippen molar-refractivity contribution in [2.75, 3.05) is 31.2 Å². The molecular formula is C16H16FN5O. The van der Waals surface area contributed by atoms with E-state index in [1.54, 1.807) is 22.9 Å². The van der Waals surface area contributed by atoms with Crippen molar-refractivity contribution < 1.29 is 9.13 Å². The third kappa shape index (κ3) is 2.33. The number of hydrogen-bond acceptors (Lipinski definition) is 5. The van der Waals surface area contributed by atoms with Crippen LogP contribution < -0.4 is 4.90 Å². The number of aryl methyl sites for hydroxylation is 1. The lowest BCUT2D eigenvalue weighted by Crippen LogP contribution is -2.36. The Morgan fingerprint density at radius 2 is 1.91 bits per heavy atom. The van der Waals surface area contributed by atoms with Crippen molar-refractivity contribution >= 4 is 16.9 Å². The first-order valence-corrected chi connectivity index (χ1v) is 7.53. The van der Waals surface area contributed by atoms with Gasteiger partial charge in [-0.1, -0.05) is 12.1 Å². The molecule has 1 aliphatic heterocycles. The smallest absolute Gasteiger partial charge is 0.168 e. The molecule has 1 aliphatic rings. The SMILES string of the molecule is Cc1nn(-c2ccccc2F)c2ncnc(N3CCOCC3)c12. The molecule has 1 aromatic carbocycles. The van der Waals surface area contributed by atoms with Crippen molar-refractivity contribution in [2.45, 2.75) is 6.92 Å². The zero-order valence-corrected chi connectivity index (χ0v) is 12.7. The Morgan fingerprint density at radius 1 is 1.13 bits per heavy atom. The number of halogens is 1. The van der Waals surface area contributed by atoms with Gasteiger partial charge >= 0.3 is 0 Å². The van der Waals surface area contributed by atoms with Gasteiger partial charge in [0.05, 0.1) is 24.3 Å². The van der Waals surface area contributed by atoms with Gasteiger partial charge in [-0.25, -0.2) is 19.0 Å². The molecule has 0 saturated carbocycles. The van der Waals surface area contributed by atoms with Crippen LogP contribution in [0.2, 0.25) is 0 Å². The van der Waals surface area contributed by atoms with Crippen LogP contribution in [0.1, 0.15) is 5.69 Å². The van der Waals surface area contributed by atoms with E-state index < -0.39 is 0 Å². The average molecular weight is 313 g/mol. The fourth-order valence-corrected chi connectivity index (χ4v) is 2.91. The summed E-state index contributed by atoms with van der Waals surface area (Å²) in [5.74, 6) is 0.502. The number of nitrogens with zero attached hydrogens (tertiary/aromatic N) is 5. The predicted molar refractivity (Wildman–Crippen MR) is 84.4 cm³/mol. The van der Waals surface area contributed by atoms with Crippen LogP contribution in [0.4, 0.5) is 10.2 Å². The summed E-state index contributed by atoms with van der Waals surface area (Å²) in [6, 6.07) is 6.55. The first kappa shape index (κ1) is 14.1. The topological polar surface area (TPSA) is 56.1 Å². The number of hydrogen-bond donors (Lipinski definition) is 0. The van der Waals surface area contributed by atoms with Crippen LogP contribution in [-0.2, 0) is 4.74 Å². The maximum absolute atomic E-state index is 14.1. The molecular weight excluding hydrogens is 297 g/mol. The van der Waals surface area contributed by atoms with Gasteiger partial charge in [-0.3, -0.25) is 0 Å². The molecule has 7 heteroatoms. The van der Waals surface area contributed by atoms with E-state index >= 15 is 0 Å². The molecule has 0 aliphatic carbocycles. The van der Waals surface area contributed by atoms with Crippen molar-refractivity contribution in [3.05, 3.63) is 42.1 Å². The zero-order chi connectivity index (χ0) is 15.8. The van der Waals surface area contributed by atoms with Crippen LogP contribution >= 0.6 is 0 Å². The quantitative estimate of drug-likeness (QED) is 0.725. The normalized spacial score (nSPS) is 15.3. The molecule has 2 aromatic heterocycles. The van der Waals surface area contributed by atoms with Gasteiger partial charge in [-0.2, -0.15) is 5.10 Å². The highest BCUT2D eigenvalue weighted by Crippen LogP contribution is 2.28. The molecule has 0 unspecified atom stereocenters. The van der Waals surface area contributed by atoms with Crippen molar-refractivity contribution in [3.63, 3.8) is 0 Å². The molecule has 118 valence electrons. The Morgan fingerprint density at radius 3 is 2.70 bits per heavy atom. The number of morpholine rings is 1. The second-order valence-electron chi connectivity index (χ2n) is 5.44. The zero-order valence-electron chi connectivity index (χ0n) is 12.7. The molecule has 23 heavy (non-hydrogen) atoms. The minimum Gasteiger partial charge on any atom is -0.378 e. The summed E-state index contributed by atoms with van der Waals surface area (Å²) >= 11 is 0. The van der Waals surface area contributed by atoms with E-state index in [9.17, 15) is 4.39 Å². The molecule has 0 amide bonds. The summed E-state index contributed by atoms with van der Waals surface area (Å²) < 4.78 is 21.1. The van der Waals surface area contributed by atoms with Gasteiger partial charge < -0.3 is 9.64 Å². The molecule has 6 nitrogen and oxygen atoms in total. The van der Waals surface area contributed by atoms with E-state index in [1.807, 2.05) is 6.92 Å². The fraction of sp³-hybridized carbons (Fsp3) is 0.312. The van der Waals surface area contributed by atoms with E-state index in [1.165, 1.54) is 12.4 Å². The predicted octanol–water partition coefficient (Wildman–Crippen LogP) is 2.10. The number of rotatable bonds is 2. The van der Waals surface area contributed by atoms with E-state index in [-0.39, 0.29) is 5.82 Å². The van der Waals surface area contributed by atoms with Crippen molar-refractivity contribution in [2.24, 2.45) is 0 Å². The Kier molecular flexibility index (Phi) is 3.42. The Hall–Kier alpha value is -2.54. The summed E-state index contributed by atoms with van der Waals surface area (Å²) in [6.07, 6.45) is 1.51. The lowest BCUT2D eigenvalue weighted by molar-refractivity contribution is 0.122. The van der Waals surface area contributed by atoms with Crippen LogP contribution in [0.15, 0.2) is 30.6 Å². The van der Waals surface area contributed by atoms with Crippen LogP contribution in [0.3, 0.4) is 0 Å². The van der Waals surface area contributed by atoms with Crippen LogP contribution in [0.25, 0.3) is 16.7 Å². The Bertz CT molecular complexity index is 857. The Labute approximate surface area is 132 Å². The number of para-hydroxylation sites is 1. The molecule has 0 bridgehead atoms. The van der Waals surface area contributed by atoms with Crippen molar-refractivity contribution in [1.29, 1.82) is 0 Å². The van der Waals surface area contributed by atoms with E-state index in [0.29, 0.717) is 24.5 Å². The molecule has 3 heterocycles. The Balaban J connectivity index is 1.91. The maximum atomic E-state index is 14.1. The third-order valence-corrected chi connectivity index (χ3v) is 4.01. The largest absolute Gasteiger partial charge is 0.378 e. The van der Waals surface area contributed by atoms with Crippen LogP contribution in [0, 0.1) is 12.7 Å². The molecule has 0 atom stereocenters. The van der Waals surface area contributed by atoms with Crippen LogP contribution in [-0.4, -0.2) is 46.1 Å². The number of ether oxygens (including phenoxy) is 1. The average Bonchev–Trinajstić information content (AvgIpc) is 2.93. The summed E-state index contributed by atoms with van der Waals surface area (Å²) in [7, 11) is 0. The van der Waals surface area contributed by atoms with Gasteiger partial charge in [-0.05, 0) is 19.1 Å². The lowest BCUT2D eigenvalue weighted by Gasteiger charge is -2.28. The summed E-state index contributed by atoms with van der Waals surface area (Å²) in [6.45, 7) is 4.79. The van der Waals surface area contributed by atoms with Gasteiger partial charge in [-0.15, -0.1) is 0 Å². The van der Waals surface area contributed by atoms with Gasteiger partial charge in [0.2, 0.25) is 0 Å². The summed E-state index contributed by atoms with van der Waals surface area (Å²) in [4.78, 5) is 10.9. The number of anilines is 1. The summed E-state index contributed by atoms with van der Waals surface area (Å²) in [5.41, 5.74) is 1.78. The van der Waals surface area contributed by atoms with Gasteiger partial charge in [0, 0.05) is 13.1 Å². The first-order chi connectivity index (χ1) is 11.3. The third-order valence-electron chi connectivity index (χ3n) is 4.01. The number of benzene rings is 1. The van der Waals surface area contributed by atoms with E-state index in [4.69, 9.17) is 4.74 Å². The molecule has 0 N–H and O–H groups in total. The van der Waals surface area contributed by atoms with Crippen molar-refractivity contribution in [3.8, 4) is 5.69 Å². The minimum atomic E-state index is -0.330. The molecule has 0 spiro atoms. The van der Waals surface area contributed by atoms with Crippen molar-refractivity contribution in [1.82, 2.24) is 19.7 Å². The fourth-order valence-electron chi connectivity index (χ4n) is 2.91. The molecule has 0 radical (unpaired) electrons. The standard InChI is InChI=1S/C16H16FN5O/c1-11-14-15(21-6-8-23-9-7-21)18-10-19-16(14)22(20-11)13-5-3-2-4-12(13)17/h2-5,10H,6-9H2,1H3. The highest BCUT2D eigenvalue weighted by molar-refractivity contribution is 5.90. The van der Waals surface area contributed by atoms with E-state index in [2.05, 4.69) is 20.0 Å². The van der Waals surface area contributed by atoms with Gasteiger partial charge in [0.1, 0.15) is 23.6 Å². The molecule has 1 fully saturated rings. The maximum Gasteiger partial charge on any atom is 0.168 e. The van der Waals surface area contributed by atoms with Crippen LogP contribution in [0.5, 0.6) is 0 Å². The van der Waals surface area contributed by atoms with Gasteiger partial charge in [0.25, 0.3) is 0 Å². The second-order valence-corrected chi connectivity index (χ2v) is 5.44. The molecule has 1 saturated heterocycles. The second kappa shape index (κ2) is 5.58. The number of fused-ring (bicyclic) bond motifs is 1. The number of aromatic nitrogens is 4. The highest BCUT2D eigenvalue weighted by atomic mass is 19.1. The lowest BCUT2D eigenvalue weighted by atomic mass is 10.2. The highest BCUT2D eigenvalue weighted by Gasteiger charge is 2.21. The van der Waals surface area contributed by atoms with Gasteiger partial charge in [0.15, 0.2) is 5.65 Å².